The summed E-state index contributed by atoms with van der Waals surface area (Å²) >= 11 is 0. The van der Waals surface area contributed by atoms with Gasteiger partial charge in [0.1, 0.15) is 0 Å². The van der Waals surface area contributed by atoms with E-state index in [1.165, 1.54) is 16.6 Å². The summed E-state index contributed by atoms with van der Waals surface area (Å²) in [6, 6.07) is 7.11. The van der Waals surface area contributed by atoms with Crippen molar-refractivity contribution >= 4 is 15.7 Å². The zero-order chi connectivity index (χ0) is 13.5. The second kappa shape index (κ2) is 4.36. The van der Waals surface area contributed by atoms with E-state index >= 15 is 0 Å². The van der Waals surface area contributed by atoms with Crippen molar-refractivity contribution < 1.29 is 8.42 Å². The number of nitrogens with two attached hydrogens (primary N) is 1. The minimum Gasteiger partial charge on any atom is -0.399 e. The highest BCUT2D eigenvalue weighted by Gasteiger charge is 2.29. The fraction of sp³-hybridized carbons (Fsp3) is 0.250. The normalized spacial score (nSPS) is 16.2. The molecule has 1 aromatic carbocycles. The first-order chi connectivity index (χ1) is 9.07. The number of sulfonamides is 1. The lowest BCUT2D eigenvalue weighted by Crippen LogP contribution is -2.36. The zero-order valence-corrected chi connectivity index (χ0v) is 11.0. The molecule has 1 aromatic heterocycles. The van der Waals surface area contributed by atoms with E-state index in [1.807, 2.05) is 18.2 Å². The lowest BCUT2D eigenvalue weighted by atomic mass is 10.0. The minimum absolute atomic E-state index is 0.125. The van der Waals surface area contributed by atoms with Crippen LogP contribution in [0.1, 0.15) is 11.1 Å². The molecule has 100 valence electrons. The van der Waals surface area contributed by atoms with Crippen molar-refractivity contribution in [1.82, 2.24) is 14.5 Å². The SMILES string of the molecule is Nc1ccc2c(c1)CN(S(=O)(=O)c1ccn[nH]1)CC2. The standard InChI is InChI=1S/C12H14N4O2S/c13-11-2-1-9-4-6-16(8-10(9)7-11)19(17,18)12-3-5-14-15-12/h1-3,5,7H,4,6,8,13H2,(H,14,15). The molecular weight excluding hydrogens is 264 g/mol. The molecule has 0 fully saturated rings. The molecule has 0 amide bonds. The van der Waals surface area contributed by atoms with Gasteiger partial charge < -0.3 is 5.73 Å². The third-order valence-corrected chi connectivity index (χ3v) is 5.08. The van der Waals surface area contributed by atoms with Crippen LogP contribution in [0.25, 0.3) is 0 Å². The minimum atomic E-state index is -3.50. The van der Waals surface area contributed by atoms with Crippen molar-refractivity contribution in [3.63, 3.8) is 0 Å². The Morgan fingerprint density at radius 3 is 2.84 bits per heavy atom. The summed E-state index contributed by atoms with van der Waals surface area (Å²) in [6.07, 6.45) is 2.13. The van der Waals surface area contributed by atoms with Crippen LogP contribution in [0.15, 0.2) is 35.5 Å². The first-order valence-corrected chi connectivity index (χ1v) is 7.38. The average Bonchev–Trinajstić information content (AvgIpc) is 2.92. The Morgan fingerprint density at radius 2 is 2.11 bits per heavy atom. The zero-order valence-electron chi connectivity index (χ0n) is 10.2. The van der Waals surface area contributed by atoms with Crippen molar-refractivity contribution in [2.75, 3.05) is 12.3 Å². The molecule has 0 unspecified atom stereocenters. The Labute approximate surface area is 111 Å². The number of aromatic nitrogens is 2. The second-order valence-corrected chi connectivity index (χ2v) is 6.44. The smallest absolute Gasteiger partial charge is 0.260 e. The van der Waals surface area contributed by atoms with Gasteiger partial charge in [-0.2, -0.15) is 9.40 Å². The Balaban J connectivity index is 1.94. The van der Waals surface area contributed by atoms with E-state index in [4.69, 9.17) is 5.73 Å². The number of rotatable bonds is 2. The molecule has 2 heterocycles. The number of fused-ring (bicyclic) bond motifs is 1. The monoisotopic (exact) mass is 278 g/mol. The molecule has 3 rings (SSSR count). The highest BCUT2D eigenvalue weighted by Crippen LogP contribution is 2.25. The van der Waals surface area contributed by atoms with Gasteiger partial charge in [-0.25, -0.2) is 8.42 Å². The first kappa shape index (κ1) is 12.2. The third-order valence-electron chi connectivity index (χ3n) is 3.30. The highest BCUT2D eigenvalue weighted by molar-refractivity contribution is 7.89. The van der Waals surface area contributed by atoms with Gasteiger partial charge >= 0.3 is 0 Å². The number of hydrogen-bond acceptors (Lipinski definition) is 4. The number of H-pyrrole nitrogens is 1. The van der Waals surface area contributed by atoms with Gasteiger partial charge in [-0.1, -0.05) is 6.07 Å². The number of nitrogen functional groups attached to an aromatic ring is 1. The second-order valence-electron chi connectivity index (χ2n) is 4.54. The molecular formula is C12H14N4O2S. The van der Waals surface area contributed by atoms with Crippen LogP contribution in [0.4, 0.5) is 5.69 Å². The summed E-state index contributed by atoms with van der Waals surface area (Å²) in [4.78, 5) is 0. The number of aromatic amines is 1. The van der Waals surface area contributed by atoms with Crippen molar-refractivity contribution in [1.29, 1.82) is 0 Å². The maximum Gasteiger partial charge on any atom is 0.260 e. The van der Waals surface area contributed by atoms with Crippen LogP contribution in [0, 0.1) is 0 Å². The Bertz CT molecular complexity index is 695. The van der Waals surface area contributed by atoms with Gasteiger partial charge in [0, 0.05) is 18.8 Å². The van der Waals surface area contributed by atoms with Crippen LogP contribution in [0.5, 0.6) is 0 Å². The van der Waals surface area contributed by atoms with Crippen LogP contribution >= 0.6 is 0 Å². The quantitative estimate of drug-likeness (QED) is 0.792. The lowest BCUT2D eigenvalue weighted by Gasteiger charge is -2.27. The van der Waals surface area contributed by atoms with E-state index in [1.54, 1.807) is 0 Å². The predicted molar refractivity (Wildman–Crippen MR) is 70.7 cm³/mol. The van der Waals surface area contributed by atoms with E-state index < -0.39 is 10.0 Å². The number of benzene rings is 1. The van der Waals surface area contributed by atoms with Crippen LogP contribution < -0.4 is 5.73 Å². The van der Waals surface area contributed by atoms with E-state index in [-0.39, 0.29) is 5.03 Å². The topological polar surface area (TPSA) is 92.1 Å². The lowest BCUT2D eigenvalue weighted by molar-refractivity contribution is 0.389. The molecule has 3 N–H and O–H groups in total. The highest BCUT2D eigenvalue weighted by atomic mass is 32.2. The molecule has 1 aliphatic rings. The van der Waals surface area contributed by atoms with Gasteiger partial charge in [0.15, 0.2) is 5.03 Å². The van der Waals surface area contributed by atoms with Crippen molar-refractivity contribution in [3.8, 4) is 0 Å². The first-order valence-electron chi connectivity index (χ1n) is 5.94. The molecule has 19 heavy (non-hydrogen) atoms. The fourth-order valence-electron chi connectivity index (χ4n) is 2.28. The summed E-state index contributed by atoms with van der Waals surface area (Å²) in [7, 11) is -3.50. The Hall–Kier alpha value is -1.86. The number of nitrogens with zero attached hydrogens (tertiary/aromatic N) is 2. The van der Waals surface area contributed by atoms with E-state index in [0.29, 0.717) is 25.2 Å². The van der Waals surface area contributed by atoms with E-state index in [9.17, 15) is 8.42 Å². The molecule has 0 saturated carbocycles. The molecule has 0 radical (unpaired) electrons. The van der Waals surface area contributed by atoms with Gasteiger partial charge in [0.05, 0.1) is 6.20 Å². The summed E-state index contributed by atoms with van der Waals surface area (Å²) < 4.78 is 26.2. The molecule has 7 heteroatoms. The van der Waals surface area contributed by atoms with Crippen molar-refractivity contribution in [3.05, 3.63) is 41.6 Å². The summed E-state index contributed by atoms with van der Waals surface area (Å²) in [5, 5.41) is 6.32. The van der Waals surface area contributed by atoms with E-state index in [0.717, 1.165) is 11.1 Å². The van der Waals surface area contributed by atoms with Gasteiger partial charge in [-0.15, -0.1) is 0 Å². The van der Waals surface area contributed by atoms with Gasteiger partial charge in [-0.05, 0) is 35.7 Å². The third kappa shape index (κ3) is 2.11. The molecule has 0 atom stereocenters. The Kier molecular flexibility index (Phi) is 2.79. The van der Waals surface area contributed by atoms with Crippen LogP contribution in [-0.2, 0) is 23.0 Å². The molecule has 0 bridgehead atoms. The van der Waals surface area contributed by atoms with Gasteiger partial charge in [0.25, 0.3) is 10.0 Å². The van der Waals surface area contributed by atoms with E-state index in [2.05, 4.69) is 10.2 Å². The van der Waals surface area contributed by atoms with Gasteiger partial charge in [0.2, 0.25) is 0 Å². The van der Waals surface area contributed by atoms with Gasteiger partial charge in [-0.3, -0.25) is 5.10 Å². The summed E-state index contributed by atoms with van der Waals surface area (Å²) in [6.45, 7) is 0.819. The largest absolute Gasteiger partial charge is 0.399 e. The number of nitrogens with one attached hydrogen (secondary N) is 1. The molecule has 0 aliphatic carbocycles. The molecule has 0 spiro atoms. The maximum atomic E-state index is 12.4. The maximum absolute atomic E-state index is 12.4. The molecule has 0 saturated heterocycles. The van der Waals surface area contributed by atoms with Crippen molar-refractivity contribution in [2.24, 2.45) is 0 Å². The molecule has 6 nitrogen and oxygen atoms in total. The fourth-order valence-corrected chi connectivity index (χ4v) is 3.60. The van der Waals surface area contributed by atoms with Crippen molar-refractivity contribution in [2.45, 2.75) is 18.0 Å². The number of hydrogen-bond donors (Lipinski definition) is 2. The summed E-state index contributed by atoms with van der Waals surface area (Å²) in [5.41, 5.74) is 8.52. The van der Waals surface area contributed by atoms with Crippen LogP contribution in [0.2, 0.25) is 0 Å². The predicted octanol–water partition coefficient (Wildman–Crippen LogP) is 0.739. The Morgan fingerprint density at radius 1 is 1.26 bits per heavy atom. The van der Waals surface area contributed by atoms with Crippen LogP contribution in [-0.4, -0.2) is 29.5 Å². The van der Waals surface area contributed by atoms with Crippen LogP contribution in [0.3, 0.4) is 0 Å². The summed E-state index contributed by atoms with van der Waals surface area (Å²) in [5.74, 6) is 0. The average molecular weight is 278 g/mol. The number of anilines is 1. The molecule has 2 aromatic rings. The molecule has 1 aliphatic heterocycles.